The number of rotatable bonds is 2. The van der Waals surface area contributed by atoms with Crippen LogP contribution in [0, 0.1) is 5.41 Å². The minimum atomic E-state index is -0.0998. The number of aliphatic hydroxyl groups excluding tert-OH is 1. The zero-order valence-electron chi connectivity index (χ0n) is 11.3. The first-order valence-electron chi connectivity index (χ1n) is 6.43. The average Bonchev–Trinajstić information content (AvgIpc) is 2.64. The van der Waals surface area contributed by atoms with Crippen LogP contribution in [-0.2, 0) is 11.2 Å². The lowest BCUT2D eigenvalue weighted by Crippen LogP contribution is -2.41. The maximum absolute atomic E-state index is 12.4. The van der Waals surface area contributed by atoms with E-state index in [9.17, 15) is 9.90 Å². The van der Waals surface area contributed by atoms with Gasteiger partial charge in [0.25, 0.3) is 0 Å². The van der Waals surface area contributed by atoms with Crippen molar-refractivity contribution in [2.24, 2.45) is 5.41 Å². The Bertz CT molecular complexity index is 448. The molecule has 1 N–H and O–H groups in total. The highest BCUT2D eigenvalue weighted by atomic mass is 16.3. The van der Waals surface area contributed by atoms with E-state index in [2.05, 4.69) is 20.8 Å². The third kappa shape index (κ3) is 2.56. The topological polar surface area (TPSA) is 40.5 Å². The van der Waals surface area contributed by atoms with Crippen LogP contribution in [0.1, 0.15) is 32.8 Å². The molecule has 3 nitrogen and oxygen atoms in total. The lowest BCUT2D eigenvalue weighted by Gasteiger charge is -2.27. The molecule has 0 bridgehead atoms. The molecule has 0 aromatic heterocycles. The molecule has 1 amide bonds. The largest absolute Gasteiger partial charge is 0.394 e. The molecule has 0 spiro atoms. The van der Waals surface area contributed by atoms with Crippen molar-refractivity contribution >= 4 is 11.6 Å². The molecule has 0 saturated heterocycles. The third-order valence-corrected chi connectivity index (χ3v) is 3.23. The molecule has 0 aliphatic carbocycles. The van der Waals surface area contributed by atoms with Crippen LogP contribution in [0.25, 0.3) is 0 Å². The highest BCUT2D eigenvalue weighted by molar-refractivity contribution is 5.96. The van der Waals surface area contributed by atoms with Gasteiger partial charge in [-0.1, -0.05) is 39.0 Å². The molecule has 1 aliphatic rings. The first-order valence-corrected chi connectivity index (χ1v) is 6.43. The summed E-state index contributed by atoms with van der Waals surface area (Å²) in [6.07, 6.45) is 1.25. The van der Waals surface area contributed by atoms with Gasteiger partial charge in [0.05, 0.1) is 12.6 Å². The first kappa shape index (κ1) is 13.1. The maximum Gasteiger partial charge on any atom is 0.227 e. The van der Waals surface area contributed by atoms with Crippen LogP contribution in [0.5, 0.6) is 0 Å². The molecule has 1 unspecified atom stereocenters. The Morgan fingerprint density at radius 2 is 2.06 bits per heavy atom. The fraction of sp³-hybridized carbons (Fsp3) is 0.533. The number of para-hydroxylation sites is 1. The van der Waals surface area contributed by atoms with Gasteiger partial charge >= 0.3 is 0 Å². The van der Waals surface area contributed by atoms with Gasteiger partial charge in [0.1, 0.15) is 0 Å². The van der Waals surface area contributed by atoms with Gasteiger partial charge in [-0.2, -0.15) is 0 Å². The Labute approximate surface area is 108 Å². The van der Waals surface area contributed by atoms with E-state index >= 15 is 0 Å². The van der Waals surface area contributed by atoms with Gasteiger partial charge in [-0.15, -0.1) is 0 Å². The second-order valence-corrected chi connectivity index (χ2v) is 6.17. The summed E-state index contributed by atoms with van der Waals surface area (Å²) < 4.78 is 0. The molecule has 1 aromatic rings. The number of amides is 1. The summed E-state index contributed by atoms with van der Waals surface area (Å²) in [4.78, 5) is 14.2. The molecule has 98 valence electrons. The van der Waals surface area contributed by atoms with E-state index in [4.69, 9.17) is 0 Å². The molecule has 1 aliphatic heterocycles. The highest BCUT2D eigenvalue weighted by Gasteiger charge is 2.34. The van der Waals surface area contributed by atoms with Crippen LogP contribution in [0.15, 0.2) is 24.3 Å². The SMILES string of the molecule is CC(C)(C)CC(=O)N1c2ccccc2CC1CO. The highest BCUT2D eigenvalue weighted by Crippen LogP contribution is 2.34. The van der Waals surface area contributed by atoms with Gasteiger partial charge in [-0.3, -0.25) is 4.79 Å². The van der Waals surface area contributed by atoms with E-state index in [1.165, 1.54) is 0 Å². The summed E-state index contributed by atoms with van der Waals surface area (Å²) in [6.45, 7) is 6.19. The molecular formula is C15H21NO2. The van der Waals surface area contributed by atoms with Crippen molar-refractivity contribution in [3.8, 4) is 0 Å². The second-order valence-electron chi connectivity index (χ2n) is 6.17. The van der Waals surface area contributed by atoms with Crippen LogP contribution in [0.2, 0.25) is 0 Å². The predicted octanol–water partition coefficient (Wildman–Crippen LogP) is 2.37. The minimum absolute atomic E-state index is 0.0184. The number of aliphatic hydroxyl groups is 1. The number of hydrogen-bond acceptors (Lipinski definition) is 2. The van der Waals surface area contributed by atoms with Crippen LogP contribution in [0.3, 0.4) is 0 Å². The molecule has 0 radical (unpaired) electrons. The lowest BCUT2D eigenvalue weighted by atomic mass is 9.91. The van der Waals surface area contributed by atoms with E-state index in [-0.39, 0.29) is 24.0 Å². The van der Waals surface area contributed by atoms with Crippen molar-refractivity contribution in [1.29, 1.82) is 0 Å². The van der Waals surface area contributed by atoms with Crippen molar-refractivity contribution in [3.63, 3.8) is 0 Å². The van der Waals surface area contributed by atoms with Gasteiger partial charge in [0, 0.05) is 12.1 Å². The summed E-state index contributed by atoms with van der Waals surface area (Å²) in [5.41, 5.74) is 2.08. The summed E-state index contributed by atoms with van der Waals surface area (Å²) in [7, 11) is 0. The number of anilines is 1. The molecule has 1 heterocycles. The van der Waals surface area contributed by atoms with Crippen molar-refractivity contribution in [2.45, 2.75) is 39.7 Å². The summed E-state index contributed by atoms with van der Waals surface area (Å²) in [6, 6.07) is 7.81. The van der Waals surface area contributed by atoms with Crippen molar-refractivity contribution in [3.05, 3.63) is 29.8 Å². The second kappa shape index (κ2) is 4.73. The molecule has 3 heteroatoms. The maximum atomic E-state index is 12.4. The molecule has 18 heavy (non-hydrogen) atoms. The first-order chi connectivity index (χ1) is 8.42. The Morgan fingerprint density at radius 3 is 2.67 bits per heavy atom. The quantitative estimate of drug-likeness (QED) is 0.871. The Hall–Kier alpha value is -1.35. The number of carbonyl (C=O) groups is 1. The zero-order valence-corrected chi connectivity index (χ0v) is 11.3. The van der Waals surface area contributed by atoms with Crippen LogP contribution in [0.4, 0.5) is 5.69 Å². The zero-order chi connectivity index (χ0) is 13.3. The van der Waals surface area contributed by atoms with E-state index < -0.39 is 0 Å². The summed E-state index contributed by atoms with van der Waals surface area (Å²) in [5, 5.41) is 9.46. The van der Waals surface area contributed by atoms with Gasteiger partial charge < -0.3 is 10.0 Å². The van der Waals surface area contributed by atoms with Crippen LogP contribution in [-0.4, -0.2) is 23.7 Å². The predicted molar refractivity (Wildman–Crippen MR) is 72.6 cm³/mol. The Morgan fingerprint density at radius 1 is 1.39 bits per heavy atom. The molecule has 1 aromatic carbocycles. The average molecular weight is 247 g/mol. The van der Waals surface area contributed by atoms with E-state index in [1.54, 1.807) is 4.90 Å². The van der Waals surface area contributed by atoms with Gasteiger partial charge in [-0.05, 0) is 23.5 Å². The normalized spacial score (nSPS) is 18.9. The molecular weight excluding hydrogens is 226 g/mol. The van der Waals surface area contributed by atoms with Crippen LogP contribution >= 0.6 is 0 Å². The number of benzene rings is 1. The number of nitrogens with zero attached hydrogens (tertiary/aromatic N) is 1. The lowest BCUT2D eigenvalue weighted by molar-refractivity contribution is -0.120. The monoisotopic (exact) mass is 247 g/mol. The van der Waals surface area contributed by atoms with Crippen molar-refractivity contribution < 1.29 is 9.90 Å². The van der Waals surface area contributed by atoms with Gasteiger partial charge in [0.2, 0.25) is 5.91 Å². The Balaban J connectivity index is 2.27. The third-order valence-electron chi connectivity index (χ3n) is 3.23. The standard InChI is InChI=1S/C15H21NO2/c1-15(2,3)9-14(18)16-12(10-17)8-11-6-4-5-7-13(11)16/h4-7,12,17H,8-10H2,1-3H3. The van der Waals surface area contributed by atoms with Crippen LogP contribution < -0.4 is 4.90 Å². The fourth-order valence-electron chi connectivity index (χ4n) is 2.48. The molecule has 0 fully saturated rings. The van der Waals surface area contributed by atoms with E-state index in [0.717, 1.165) is 17.7 Å². The molecule has 1 atom stereocenters. The van der Waals surface area contributed by atoms with Crippen molar-refractivity contribution in [2.75, 3.05) is 11.5 Å². The minimum Gasteiger partial charge on any atom is -0.394 e. The number of hydrogen-bond donors (Lipinski definition) is 1. The van der Waals surface area contributed by atoms with E-state index in [1.807, 2.05) is 24.3 Å². The van der Waals surface area contributed by atoms with E-state index in [0.29, 0.717) is 6.42 Å². The fourth-order valence-corrected chi connectivity index (χ4v) is 2.48. The van der Waals surface area contributed by atoms with Gasteiger partial charge in [0.15, 0.2) is 0 Å². The number of fused-ring (bicyclic) bond motifs is 1. The van der Waals surface area contributed by atoms with Gasteiger partial charge in [-0.25, -0.2) is 0 Å². The summed E-state index contributed by atoms with van der Waals surface area (Å²) >= 11 is 0. The summed E-state index contributed by atoms with van der Waals surface area (Å²) in [5.74, 6) is 0.103. The number of carbonyl (C=O) groups excluding carboxylic acids is 1. The Kier molecular flexibility index (Phi) is 3.44. The molecule has 2 rings (SSSR count). The smallest absolute Gasteiger partial charge is 0.227 e. The molecule has 0 saturated carbocycles. The van der Waals surface area contributed by atoms with Crippen molar-refractivity contribution in [1.82, 2.24) is 0 Å².